The first kappa shape index (κ1) is 8.09. The second-order valence-corrected chi connectivity index (χ2v) is 4.03. The summed E-state index contributed by atoms with van der Waals surface area (Å²) in [5.74, 6) is 0. The molecule has 0 radical (unpaired) electrons. The van der Waals surface area contributed by atoms with Gasteiger partial charge in [-0.1, -0.05) is 41.9 Å². The van der Waals surface area contributed by atoms with Crippen molar-refractivity contribution < 1.29 is 4.74 Å². The van der Waals surface area contributed by atoms with Crippen molar-refractivity contribution in [2.24, 2.45) is 0 Å². The van der Waals surface area contributed by atoms with Crippen molar-refractivity contribution in [1.82, 2.24) is 0 Å². The fourth-order valence-electron chi connectivity index (χ4n) is 1.30. The van der Waals surface area contributed by atoms with E-state index in [1.807, 2.05) is 25.1 Å². The van der Waals surface area contributed by atoms with Crippen LogP contribution in [0.5, 0.6) is 0 Å². The maximum atomic E-state index is 5.93. The first-order valence-corrected chi connectivity index (χ1v) is 4.47. The van der Waals surface area contributed by atoms with Crippen LogP contribution in [0.1, 0.15) is 12.5 Å². The van der Waals surface area contributed by atoms with E-state index in [4.69, 9.17) is 16.3 Å². The van der Waals surface area contributed by atoms with Gasteiger partial charge in [-0.3, -0.25) is 0 Å². The van der Waals surface area contributed by atoms with Gasteiger partial charge in [0.2, 0.25) is 0 Å². The molecular weight excluding hydrogens is 172 g/mol. The molecular formula is C10H11ClO. The Labute approximate surface area is 77.3 Å². The molecule has 0 bridgehead atoms. The van der Waals surface area contributed by atoms with Gasteiger partial charge in [-0.15, -0.1) is 0 Å². The van der Waals surface area contributed by atoms with E-state index in [9.17, 15) is 0 Å². The normalized spacial score (nSPS) is 33.3. The summed E-state index contributed by atoms with van der Waals surface area (Å²) < 4.78 is 5.27. The molecule has 0 spiro atoms. The number of epoxide rings is 1. The number of halogens is 1. The maximum Gasteiger partial charge on any atom is 0.165 e. The summed E-state index contributed by atoms with van der Waals surface area (Å²) in [5, 5.41) is -0.407. The second-order valence-electron chi connectivity index (χ2n) is 3.28. The molecule has 1 fully saturated rings. The lowest BCUT2D eigenvalue weighted by Gasteiger charge is -1.96. The molecule has 1 aliphatic heterocycles. The first-order chi connectivity index (χ1) is 5.68. The predicted molar refractivity (Wildman–Crippen MR) is 49.3 cm³/mol. The Bertz CT molecular complexity index is 268. The highest BCUT2D eigenvalue weighted by Crippen LogP contribution is 2.41. The molecule has 0 aliphatic carbocycles. The van der Waals surface area contributed by atoms with Crippen molar-refractivity contribution in [3.05, 3.63) is 35.9 Å². The summed E-state index contributed by atoms with van der Waals surface area (Å²) in [6.45, 7) is 1.90. The molecule has 0 saturated carbocycles. The number of alkyl halides is 1. The van der Waals surface area contributed by atoms with E-state index in [-0.39, 0.29) is 6.10 Å². The van der Waals surface area contributed by atoms with Crippen LogP contribution in [0, 0.1) is 0 Å². The van der Waals surface area contributed by atoms with Crippen molar-refractivity contribution in [3.8, 4) is 0 Å². The van der Waals surface area contributed by atoms with E-state index < -0.39 is 5.06 Å². The van der Waals surface area contributed by atoms with E-state index in [0.29, 0.717) is 0 Å². The van der Waals surface area contributed by atoms with Gasteiger partial charge >= 0.3 is 0 Å². The lowest BCUT2D eigenvalue weighted by atomic mass is 10.1. The number of hydrogen-bond acceptors (Lipinski definition) is 1. The summed E-state index contributed by atoms with van der Waals surface area (Å²) in [7, 11) is 0. The third-order valence-electron chi connectivity index (χ3n) is 2.15. The van der Waals surface area contributed by atoms with Gasteiger partial charge in [-0.05, 0) is 12.5 Å². The van der Waals surface area contributed by atoms with Crippen LogP contribution in [0.25, 0.3) is 0 Å². The Hall–Kier alpha value is -0.530. The topological polar surface area (TPSA) is 12.5 Å². The van der Waals surface area contributed by atoms with Crippen molar-refractivity contribution >= 4 is 11.6 Å². The Morgan fingerprint density at radius 2 is 2.00 bits per heavy atom. The van der Waals surface area contributed by atoms with Crippen LogP contribution in [0.15, 0.2) is 30.3 Å². The van der Waals surface area contributed by atoms with E-state index in [1.165, 1.54) is 5.56 Å². The molecule has 1 aromatic carbocycles. The zero-order valence-corrected chi connectivity index (χ0v) is 7.71. The third-order valence-corrected chi connectivity index (χ3v) is 2.49. The van der Waals surface area contributed by atoms with E-state index in [2.05, 4.69) is 12.1 Å². The smallest absolute Gasteiger partial charge is 0.165 e. The zero-order chi connectivity index (χ0) is 8.60. The largest absolute Gasteiger partial charge is 0.349 e. The molecule has 0 N–H and O–H groups in total. The molecule has 0 aromatic heterocycles. The van der Waals surface area contributed by atoms with Gasteiger partial charge in [-0.25, -0.2) is 0 Å². The Kier molecular flexibility index (Phi) is 1.85. The quantitative estimate of drug-likeness (QED) is 0.506. The van der Waals surface area contributed by atoms with Crippen LogP contribution in [0.2, 0.25) is 0 Å². The molecule has 2 heteroatoms. The van der Waals surface area contributed by atoms with Gasteiger partial charge in [0.1, 0.15) is 6.10 Å². The van der Waals surface area contributed by atoms with Gasteiger partial charge in [0, 0.05) is 6.42 Å². The lowest BCUT2D eigenvalue weighted by molar-refractivity contribution is 0.361. The average Bonchev–Trinajstić information content (AvgIpc) is 2.61. The van der Waals surface area contributed by atoms with E-state index >= 15 is 0 Å². The van der Waals surface area contributed by atoms with Gasteiger partial charge in [0.25, 0.3) is 0 Å². The van der Waals surface area contributed by atoms with Crippen LogP contribution in [0.4, 0.5) is 0 Å². The molecule has 2 unspecified atom stereocenters. The molecule has 1 nitrogen and oxygen atoms in total. The minimum absolute atomic E-state index is 0.196. The summed E-state index contributed by atoms with van der Waals surface area (Å²) in [6, 6.07) is 10.3. The van der Waals surface area contributed by atoms with Crippen LogP contribution in [-0.4, -0.2) is 11.2 Å². The van der Waals surface area contributed by atoms with Gasteiger partial charge in [0.05, 0.1) is 0 Å². The summed E-state index contributed by atoms with van der Waals surface area (Å²) in [6.07, 6.45) is 1.11. The monoisotopic (exact) mass is 182 g/mol. The molecule has 12 heavy (non-hydrogen) atoms. The van der Waals surface area contributed by atoms with Crippen LogP contribution >= 0.6 is 11.6 Å². The number of ether oxygens (including phenoxy) is 1. The van der Waals surface area contributed by atoms with Crippen molar-refractivity contribution in [2.45, 2.75) is 24.5 Å². The molecule has 0 amide bonds. The Morgan fingerprint density at radius 3 is 2.50 bits per heavy atom. The molecule has 2 atom stereocenters. The standard InChI is InChI=1S/C10H11ClO/c1-10(11)9(12-10)7-8-5-3-2-4-6-8/h2-6,9H,7H2,1H3. The minimum Gasteiger partial charge on any atom is -0.349 e. The van der Waals surface area contributed by atoms with Crippen molar-refractivity contribution in [2.75, 3.05) is 0 Å². The summed E-state index contributed by atoms with van der Waals surface area (Å²) in [5.41, 5.74) is 1.28. The maximum absolute atomic E-state index is 5.93. The van der Waals surface area contributed by atoms with Gasteiger partial charge in [0.15, 0.2) is 5.06 Å². The summed E-state index contributed by atoms with van der Waals surface area (Å²) >= 11 is 5.93. The highest BCUT2D eigenvalue weighted by atomic mass is 35.5. The molecule has 64 valence electrons. The zero-order valence-electron chi connectivity index (χ0n) is 6.96. The predicted octanol–water partition coefficient (Wildman–Crippen LogP) is 2.58. The van der Waals surface area contributed by atoms with Crippen LogP contribution in [0.3, 0.4) is 0 Å². The Balaban J connectivity index is 1.98. The lowest BCUT2D eigenvalue weighted by Crippen LogP contribution is -2.02. The van der Waals surface area contributed by atoms with Gasteiger partial charge in [-0.2, -0.15) is 0 Å². The number of benzene rings is 1. The molecule has 1 aromatic rings. The van der Waals surface area contributed by atoms with Crippen LogP contribution in [-0.2, 0) is 11.2 Å². The van der Waals surface area contributed by atoms with Crippen molar-refractivity contribution in [1.29, 1.82) is 0 Å². The van der Waals surface area contributed by atoms with E-state index in [0.717, 1.165) is 6.42 Å². The number of hydrogen-bond donors (Lipinski definition) is 0. The fraction of sp³-hybridized carbons (Fsp3) is 0.400. The molecule has 1 saturated heterocycles. The molecule has 1 aliphatic rings. The Morgan fingerprint density at radius 1 is 1.42 bits per heavy atom. The SMILES string of the molecule is CC1(Cl)OC1Cc1ccccc1. The van der Waals surface area contributed by atoms with Crippen molar-refractivity contribution in [3.63, 3.8) is 0 Å². The third kappa shape index (κ3) is 1.62. The van der Waals surface area contributed by atoms with E-state index in [1.54, 1.807) is 0 Å². The highest BCUT2D eigenvalue weighted by molar-refractivity contribution is 6.24. The summed E-state index contributed by atoms with van der Waals surface area (Å²) in [4.78, 5) is 0. The van der Waals surface area contributed by atoms with Gasteiger partial charge < -0.3 is 4.74 Å². The first-order valence-electron chi connectivity index (χ1n) is 4.09. The minimum atomic E-state index is -0.407. The highest BCUT2D eigenvalue weighted by Gasteiger charge is 2.50. The number of rotatable bonds is 2. The molecule has 2 rings (SSSR count). The van der Waals surface area contributed by atoms with Crippen LogP contribution < -0.4 is 0 Å². The second kappa shape index (κ2) is 2.75. The fourth-order valence-corrected chi connectivity index (χ4v) is 1.48. The molecule has 1 heterocycles. The average molecular weight is 183 g/mol.